The minimum atomic E-state index is 0.0108. The van der Waals surface area contributed by atoms with Crippen molar-refractivity contribution in [3.05, 3.63) is 59.8 Å². The van der Waals surface area contributed by atoms with Gasteiger partial charge < -0.3 is 10.6 Å². The first kappa shape index (κ1) is 16.5. The first-order chi connectivity index (χ1) is 11.8. The molecule has 1 aromatic carbocycles. The van der Waals surface area contributed by atoms with Crippen LogP contribution in [0.2, 0.25) is 0 Å². The molecule has 1 amide bonds. The second-order valence-electron chi connectivity index (χ2n) is 6.40. The maximum Gasteiger partial charge on any atom is 0.251 e. The molecule has 2 aromatic rings. The highest BCUT2D eigenvalue weighted by molar-refractivity contribution is 5.95. The minimum Gasteiger partial charge on any atom is -0.370 e. The molecule has 1 aliphatic carbocycles. The molecule has 1 heterocycles. The van der Waals surface area contributed by atoms with Crippen molar-refractivity contribution in [2.75, 3.05) is 11.9 Å². The number of amides is 1. The summed E-state index contributed by atoms with van der Waals surface area (Å²) in [5.41, 5.74) is 2.03. The number of hydrogen-bond donors (Lipinski definition) is 2. The van der Waals surface area contributed by atoms with E-state index in [4.69, 9.17) is 0 Å². The zero-order valence-corrected chi connectivity index (χ0v) is 14.0. The number of aryl methyl sites for hydroxylation is 1. The predicted octanol–water partition coefficient (Wildman–Crippen LogP) is 3.80. The van der Waals surface area contributed by atoms with E-state index in [9.17, 15) is 4.79 Å². The number of rotatable bonds is 7. The highest BCUT2D eigenvalue weighted by Crippen LogP contribution is 2.18. The van der Waals surface area contributed by atoms with E-state index >= 15 is 0 Å². The second kappa shape index (κ2) is 8.48. The molecule has 4 nitrogen and oxygen atoms in total. The number of carbonyl (C=O) groups is 1. The van der Waals surface area contributed by atoms with Crippen LogP contribution in [0.25, 0.3) is 0 Å². The van der Waals surface area contributed by atoms with Gasteiger partial charge in [-0.15, -0.1) is 0 Å². The van der Waals surface area contributed by atoms with Gasteiger partial charge in [-0.1, -0.05) is 43.2 Å². The van der Waals surface area contributed by atoms with E-state index in [1.54, 1.807) is 12.3 Å². The van der Waals surface area contributed by atoms with Gasteiger partial charge in [0.05, 0.1) is 0 Å². The molecule has 1 saturated carbocycles. The monoisotopic (exact) mass is 323 g/mol. The summed E-state index contributed by atoms with van der Waals surface area (Å²) in [6.07, 6.45) is 8.40. The van der Waals surface area contributed by atoms with Gasteiger partial charge in [0.25, 0.3) is 5.91 Å². The van der Waals surface area contributed by atoms with Crippen molar-refractivity contribution >= 4 is 11.7 Å². The van der Waals surface area contributed by atoms with E-state index in [-0.39, 0.29) is 5.91 Å². The van der Waals surface area contributed by atoms with Gasteiger partial charge in [-0.2, -0.15) is 0 Å². The maximum atomic E-state index is 12.3. The first-order valence-electron chi connectivity index (χ1n) is 8.86. The molecule has 3 rings (SSSR count). The zero-order valence-electron chi connectivity index (χ0n) is 14.0. The average Bonchev–Trinajstić information content (AvgIpc) is 3.13. The SMILES string of the molecule is O=C(NC1CCCC1)c1ccnc(NCCCc2ccccc2)c1. The fraction of sp³-hybridized carbons (Fsp3) is 0.400. The molecule has 0 aliphatic heterocycles. The Labute approximate surface area is 143 Å². The van der Waals surface area contributed by atoms with Crippen LogP contribution in [0.15, 0.2) is 48.7 Å². The first-order valence-corrected chi connectivity index (χ1v) is 8.86. The summed E-state index contributed by atoms with van der Waals surface area (Å²) in [6.45, 7) is 0.843. The van der Waals surface area contributed by atoms with Gasteiger partial charge in [0, 0.05) is 24.3 Å². The normalized spacial score (nSPS) is 14.5. The number of nitrogens with zero attached hydrogens (tertiary/aromatic N) is 1. The van der Waals surface area contributed by atoms with Crippen LogP contribution in [0.4, 0.5) is 5.82 Å². The summed E-state index contributed by atoms with van der Waals surface area (Å²) in [4.78, 5) is 16.6. The Morgan fingerprint density at radius 1 is 1.12 bits per heavy atom. The third kappa shape index (κ3) is 4.82. The van der Waals surface area contributed by atoms with Crippen LogP contribution in [-0.2, 0) is 6.42 Å². The van der Waals surface area contributed by atoms with Gasteiger partial charge in [0.15, 0.2) is 0 Å². The lowest BCUT2D eigenvalue weighted by Gasteiger charge is -2.12. The lowest BCUT2D eigenvalue weighted by molar-refractivity contribution is 0.0938. The predicted molar refractivity (Wildman–Crippen MR) is 97.2 cm³/mol. The topological polar surface area (TPSA) is 54.0 Å². The molecular weight excluding hydrogens is 298 g/mol. The van der Waals surface area contributed by atoms with Crippen molar-refractivity contribution < 1.29 is 4.79 Å². The van der Waals surface area contributed by atoms with E-state index in [1.165, 1.54) is 18.4 Å². The molecular formula is C20H25N3O. The molecule has 0 atom stereocenters. The number of pyridine rings is 1. The van der Waals surface area contributed by atoms with E-state index in [0.717, 1.165) is 38.0 Å². The number of anilines is 1. The number of benzene rings is 1. The number of carbonyl (C=O) groups excluding carboxylic acids is 1. The summed E-state index contributed by atoms with van der Waals surface area (Å²) in [5, 5.41) is 6.43. The molecule has 1 fully saturated rings. The molecule has 1 aliphatic rings. The zero-order chi connectivity index (χ0) is 16.6. The Balaban J connectivity index is 1.46. The Morgan fingerprint density at radius 3 is 2.71 bits per heavy atom. The van der Waals surface area contributed by atoms with Crippen molar-refractivity contribution in [3.8, 4) is 0 Å². The van der Waals surface area contributed by atoms with E-state index in [1.807, 2.05) is 12.1 Å². The number of aromatic nitrogens is 1. The van der Waals surface area contributed by atoms with Gasteiger partial charge in [-0.3, -0.25) is 4.79 Å². The summed E-state index contributed by atoms with van der Waals surface area (Å²) >= 11 is 0. The van der Waals surface area contributed by atoms with Crippen LogP contribution in [0, 0.1) is 0 Å². The Bertz CT molecular complexity index is 651. The molecule has 0 saturated heterocycles. The van der Waals surface area contributed by atoms with Gasteiger partial charge >= 0.3 is 0 Å². The highest BCUT2D eigenvalue weighted by Gasteiger charge is 2.18. The average molecular weight is 323 g/mol. The molecule has 126 valence electrons. The largest absolute Gasteiger partial charge is 0.370 e. The number of nitrogens with one attached hydrogen (secondary N) is 2. The molecule has 0 bridgehead atoms. The molecule has 1 aromatic heterocycles. The van der Waals surface area contributed by atoms with Crippen molar-refractivity contribution in [1.29, 1.82) is 0 Å². The van der Waals surface area contributed by atoms with E-state index in [2.05, 4.69) is 39.9 Å². The molecule has 24 heavy (non-hydrogen) atoms. The summed E-state index contributed by atoms with van der Waals surface area (Å²) in [6, 6.07) is 14.4. The summed E-state index contributed by atoms with van der Waals surface area (Å²) in [7, 11) is 0. The Morgan fingerprint density at radius 2 is 1.92 bits per heavy atom. The molecule has 0 spiro atoms. The lowest BCUT2D eigenvalue weighted by Crippen LogP contribution is -2.32. The maximum absolute atomic E-state index is 12.3. The van der Waals surface area contributed by atoms with Crippen molar-refractivity contribution in [2.45, 2.75) is 44.6 Å². The molecule has 0 radical (unpaired) electrons. The van der Waals surface area contributed by atoms with E-state index in [0.29, 0.717) is 11.6 Å². The lowest BCUT2D eigenvalue weighted by atomic mass is 10.1. The van der Waals surface area contributed by atoms with E-state index < -0.39 is 0 Å². The van der Waals surface area contributed by atoms with Gasteiger partial charge in [-0.25, -0.2) is 4.98 Å². The Kier molecular flexibility index (Phi) is 5.83. The fourth-order valence-electron chi connectivity index (χ4n) is 3.16. The summed E-state index contributed by atoms with van der Waals surface area (Å²) in [5.74, 6) is 0.777. The van der Waals surface area contributed by atoms with Gasteiger partial charge in [0.2, 0.25) is 0 Å². The van der Waals surface area contributed by atoms with Crippen LogP contribution in [0.3, 0.4) is 0 Å². The Hall–Kier alpha value is -2.36. The van der Waals surface area contributed by atoms with Crippen molar-refractivity contribution in [2.24, 2.45) is 0 Å². The van der Waals surface area contributed by atoms with Gasteiger partial charge in [-0.05, 0) is 43.4 Å². The molecule has 2 N–H and O–H groups in total. The molecule has 4 heteroatoms. The molecule has 0 unspecified atom stereocenters. The fourth-order valence-corrected chi connectivity index (χ4v) is 3.16. The van der Waals surface area contributed by atoms with Gasteiger partial charge in [0.1, 0.15) is 5.82 Å². The standard InChI is InChI=1S/C20H25N3O/c24-20(23-18-10-4-5-11-18)17-12-14-22-19(15-17)21-13-6-9-16-7-2-1-3-8-16/h1-3,7-8,12,14-15,18H,4-6,9-11,13H2,(H,21,22)(H,23,24). The highest BCUT2D eigenvalue weighted by atomic mass is 16.1. The smallest absolute Gasteiger partial charge is 0.251 e. The van der Waals surface area contributed by atoms with Crippen LogP contribution >= 0.6 is 0 Å². The van der Waals surface area contributed by atoms with Crippen molar-refractivity contribution in [1.82, 2.24) is 10.3 Å². The van der Waals surface area contributed by atoms with Crippen LogP contribution in [0.1, 0.15) is 48.0 Å². The summed E-state index contributed by atoms with van der Waals surface area (Å²) < 4.78 is 0. The van der Waals surface area contributed by atoms with Crippen molar-refractivity contribution in [3.63, 3.8) is 0 Å². The third-order valence-electron chi connectivity index (χ3n) is 4.50. The quantitative estimate of drug-likeness (QED) is 0.762. The van der Waals surface area contributed by atoms with Crippen LogP contribution in [-0.4, -0.2) is 23.5 Å². The second-order valence-corrected chi connectivity index (χ2v) is 6.40. The minimum absolute atomic E-state index is 0.0108. The third-order valence-corrected chi connectivity index (χ3v) is 4.50. The van der Waals surface area contributed by atoms with Crippen LogP contribution in [0.5, 0.6) is 0 Å². The number of hydrogen-bond acceptors (Lipinski definition) is 3. The van der Waals surface area contributed by atoms with Crippen LogP contribution < -0.4 is 10.6 Å².